The molecule has 0 amide bonds. The van der Waals surface area contributed by atoms with Gasteiger partial charge in [-0.2, -0.15) is 0 Å². The Hall–Kier alpha value is -5.48. The van der Waals surface area contributed by atoms with E-state index < -0.39 is 65.6 Å². The van der Waals surface area contributed by atoms with E-state index in [1.807, 2.05) is 0 Å². The van der Waals surface area contributed by atoms with E-state index in [1.54, 1.807) is 0 Å². The molecule has 1 aliphatic heterocycles. The van der Waals surface area contributed by atoms with Crippen LogP contribution < -0.4 is 19.6 Å². The molecule has 3 aromatic carbocycles. The van der Waals surface area contributed by atoms with Gasteiger partial charge in [0.2, 0.25) is 17.5 Å². The molecule has 5 atom stereocenters. The van der Waals surface area contributed by atoms with Crippen molar-refractivity contribution in [3.05, 3.63) is 70.4 Å². The number of fused-ring (bicyclic) bond motifs is 1. The van der Waals surface area contributed by atoms with Crippen molar-refractivity contribution in [2.75, 3.05) is 20.8 Å². The maximum Gasteiger partial charge on any atom is 0.330 e. The Morgan fingerprint density at radius 1 is 0.851 bits per heavy atom. The van der Waals surface area contributed by atoms with Gasteiger partial charge in [0.25, 0.3) is 0 Å². The van der Waals surface area contributed by atoms with E-state index in [-0.39, 0.29) is 45.7 Å². The number of aliphatic hydroxyl groups is 3. The zero-order valence-corrected chi connectivity index (χ0v) is 24.8. The van der Waals surface area contributed by atoms with E-state index in [0.29, 0.717) is 5.56 Å². The molecule has 1 fully saturated rings. The fourth-order valence-electron chi connectivity index (χ4n) is 4.81. The molecule has 1 aromatic heterocycles. The van der Waals surface area contributed by atoms with Gasteiger partial charge in [0.1, 0.15) is 53.5 Å². The van der Waals surface area contributed by atoms with Crippen LogP contribution in [0, 0.1) is 0 Å². The number of esters is 1. The largest absolute Gasteiger partial charge is 0.507 e. The Morgan fingerprint density at radius 2 is 1.53 bits per heavy atom. The molecule has 15 nitrogen and oxygen atoms in total. The molecule has 0 unspecified atom stereocenters. The lowest BCUT2D eigenvalue weighted by molar-refractivity contribution is -0.278. The second-order valence-electron chi connectivity index (χ2n) is 10.3. The summed E-state index contributed by atoms with van der Waals surface area (Å²) in [6.07, 6.45) is -5.89. The number of methoxy groups -OCH3 is 2. The summed E-state index contributed by atoms with van der Waals surface area (Å²) in [6.45, 7) is -0.566. The van der Waals surface area contributed by atoms with Crippen molar-refractivity contribution in [1.82, 2.24) is 0 Å². The molecular weight excluding hydrogens is 624 g/mol. The van der Waals surface area contributed by atoms with Crippen LogP contribution in [0.25, 0.3) is 28.4 Å². The quantitative estimate of drug-likeness (QED) is 0.101. The summed E-state index contributed by atoms with van der Waals surface area (Å²) in [5, 5.41) is 71.9. The third kappa shape index (κ3) is 6.73. The lowest BCUT2D eigenvalue weighted by Gasteiger charge is -2.39. The second kappa shape index (κ2) is 13.5. The van der Waals surface area contributed by atoms with E-state index in [4.69, 9.17) is 28.1 Å². The van der Waals surface area contributed by atoms with Crippen LogP contribution in [0.5, 0.6) is 40.2 Å². The van der Waals surface area contributed by atoms with Gasteiger partial charge in [-0.3, -0.25) is 4.79 Å². The number of hydrogen-bond donors (Lipinski definition) is 7. The third-order valence-corrected chi connectivity index (χ3v) is 7.29. The molecule has 5 rings (SSSR count). The van der Waals surface area contributed by atoms with Crippen LogP contribution in [0.2, 0.25) is 0 Å². The maximum absolute atomic E-state index is 13.0. The van der Waals surface area contributed by atoms with Gasteiger partial charge in [-0.05, 0) is 42.0 Å². The summed E-state index contributed by atoms with van der Waals surface area (Å²) >= 11 is 0. The Labute approximate surface area is 265 Å². The van der Waals surface area contributed by atoms with Gasteiger partial charge >= 0.3 is 5.97 Å². The molecule has 0 radical (unpaired) electrons. The third-order valence-electron chi connectivity index (χ3n) is 7.29. The van der Waals surface area contributed by atoms with E-state index in [0.717, 1.165) is 18.2 Å². The first kappa shape index (κ1) is 32.9. The molecule has 0 aliphatic carbocycles. The molecule has 248 valence electrons. The molecule has 1 aliphatic rings. The first-order valence-corrected chi connectivity index (χ1v) is 13.9. The minimum atomic E-state index is -1.81. The van der Waals surface area contributed by atoms with Crippen molar-refractivity contribution in [2.45, 2.75) is 30.7 Å². The van der Waals surface area contributed by atoms with Crippen LogP contribution in [-0.4, -0.2) is 93.2 Å². The van der Waals surface area contributed by atoms with Crippen molar-refractivity contribution < 1.29 is 68.6 Å². The van der Waals surface area contributed by atoms with E-state index in [2.05, 4.69) is 0 Å². The molecule has 4 aromatic rings. The first-order chi connectivity index (χ1) is 22.4. The van der Waals surface area contributed by atoms with Crippen LogP contribution in [0.1, 0.15) is 5.56 Å². The number of phenols is 3. The number of ether oxygens (including phenoxy) is 5. The minimum Gasteiger partial charge on any atom is -0.507 e. The number of aliphatic hydroxyl groups excluding tert-OH is 3. The number of phenolic OH excluding ortho intramolecular Hbond substituents is 3. The smallest absolute Gasteiger partial charge is 0.330 e. The molecule has 7 N–H and O–H groups in total. The van der Waals surface area contributed by atoms with Crippen LogP contribution in [0.15, 0.2) is 63.8 Å². The summed E-state index contributed by atoms with van der Waals surface area (Å²) in [6, 6.07) is 10.4. The SMILES string of the molecule is COc1cc(/C=C/C(=O)OC[C@H]2O[C@@H](Oc3cc(O)c4c(=O)c(O)c(-c5ccc(O)c(OC)c5)oc4c3)[C@H](O)[C@@H](O)[C@@H]2O)ccc1O. The zero-order valence-electron chi connectivity index (χ0n) is 24.8. The van der Waals surface area contributed by atoms with Crippen molar-refractivity contribution >= 4 is 23.0 Å². The second-order valence-corrected chi connectivity index (χ2v) is 10.3. The highest BCUT2D eigenvalue weighted by Crippen LogP contribution is 2.39. The monoisotopic (exact) mass is 654 g/mol. The predicted molar refractivity (Wildman–Crippen MR) is 161 cm³/mol. The van der Waals surface area contributed by atoms with E-state index >= 15 is 0 Å². The van der Waals surface area contributed by atoms with Gasteiger partial charge in [-0.25, -0.2) is 4.79 Å². The maximum atomic E-state index is 13.0. The molecule has 47 heavy (non-hydrogen) atoms. The average Bonchev–Trinajstić information content (AvgIpc) is 3.05. The Bertz CT molecular complexity index is 1880. The van der Waals surface area contributed by atoms with Crippen molar-refractivity contribution in [3.63, 3.8) is 0 Å². The minimum absolute atomic E-state index is 0.0306. The molecule has 0 saturated carbocycles. The first-order valence-electron chi connectivity index (χ1n) is 13.9. The molecular formula is C32H30O15. The Morgan fingerprint density at radius 3 is 2.23 bits per heavy atom. The Kier molecular flexibility index (Phi) is 9.44. The van der Waals surface area contributed by atoms with Crippen LogP contribution in [0.4, 0.5) is 0 Å². The molecule has 1 saturated heterocycles. The van der Waals surface area contributed by atoms with Gasteiger partial charge in [-0.1, -0.05) is 6.07 Å². The van der Waals surface area contributed by atoms with Crippen molar-refractivity contribution in [2.24, 2.45) is 0 Å². The van der Waals surface area contributed by atoms with Crippen LogP contribution in [0.3, 0.4) is 0 Å². The summed E-state index contributed by atoms with van der Waals surface area (Å²) in [5.41, 5.74) is -0.568. The van der Waals surface area contributed by atoms with E-state index in [1.165, 1.54) is 56.7 Å². The normalized spacial score (nSPS) is 21.1. The molecule has 15 heteroatoms. The molecule has 2 heterocycles. The van der Waals surface area contributed by atoms with Gasteiger partial charge in [0.05, 0.1) is 14.2 Å². The number of hydrogen-bond acceptors (Lipinski definition) is 15. The number of carbonyl (C=O) groups excluding carboxylic acids is 1. The van der Waals surface area contributed by atoms with Crippen molar-refractivity contribution in [3.8, 4) is 51.6 Å². The fraction of sp³-hybridized carbons (Fsp3) is 0.250. The summed E-state index contributed by atoms with van der Waals surface area (Å²) in [5.74, 6) is -2.93. The molecule has 0 bridgehead atoms. The number of aromatic hydroxyl groups is 4. The average molecular weight is 655 g/mol. The number of rotatable bonds is 9. The number of carbonyl (C=O) groups is 1. The summed E-state index contributed by atoms with van der Waals surface area (Å²) in [4.78, 5) is 25.3. The van der Waals surface area contributed by atoms with Crippen LogP contribution >= 0.6 is 0 Å². The highest BCUT2D eigenvalue weighted by Gasteiger charge is 2.45. The summed E-state index contributed by atoms with van der Waals surface area (Å²) < 4.78 is 32.2. The zero-order chi connectivity index (χ0) is 34.0. The highest BCUT2D eigenvalue weighted by atomic mass is 16.7. The van der Waals surface area contributed by atoms with Gasteiger partial charge in [-0.15, -0.1) is 0 Å². The topological polar surface area (TPSA) is 235 Å². The molecule has 0 spiro atoms. The summed E-state index contributed by atoms with van der Waals surface area (Å²) in [7, 11) is 2.67. The predicted octanol–water partition coefficient (Wildman–Crippen LogP) is 1.74. The van der Waals surface area contributed by atoms with E-state index in [9.17, 15) is 45.3 Å². The van der Waals surface area contributed by atoms with Crippen molar-refractivity contribution in [1.29, 1.82) is 0 Å². The highest BCUT2D eigenvalue weighted by molar-refractivity contribution is 5.88. The lowest BCUT2D eigenvalue weighted by Crippen LogP contribution is -2.60. The standard InChI is InChI=1S/C32H30O15/c1-42-20-9-14(3-6-17(20)33)4-8-24(36)44-13-23-26(37)28(39)30(41)32(47-23)45-16-11-19(35)25-22(12-16)46-31(29(40)27(25)38)15-5-7-18(34)21(10-15)43-2/h3-12,23,26,28,30,32-35,37,39-41H,13H2,1-2H3/b8-4+/t23-,26-,28+,30-,32-/m1/s1. The number of benzene rings is 3. The van der Waals surface area contributed by atoms with Gasteiger partial charge in [0.15, 0.2) is 28.8 Å². The lowest BCUT2D eigenvalue weighted by atomic mass is 9.99. The van der Waals surface area contributed by atoms with Gasteiger partial charge in [0, 0.05) is 23.8 Å². The van der Waals surface area contributed by atoms with Crippen LogP contribution in [-0.2, 0) is 14.3 Å². The van der Waals surface area contributed by atoms with Gasteiger partial charge < -0.3 is 63.8 Å². The Balaban J connectivity index is 1.34. The fourth-order valence-corrected chi connectivity index (χ4v) is 4.81.